The van der Waals surface area contributed by atoms with Crippen LogP contribution in [0.3, 0.4) is 0 Å². The van der Waals surface area contributed by atoms with Crippen LogP contribution < -0.4 is 5.32 Å². The molecular formula is C26H34N2O4. The molecule has 2 fully saturated rings. The maximum Gasteiger partial charge on any atom is 0.317 e. The van der Waals surface area contributed by atoms with Crippen LogP contribution in [0.1, 0.15) is 67.2 Å². The lowest BCUT2D eigenvalue weighted by molar-refractivity contribution is -0.138. The van der Waals surface area contributed by atoms with Crippen LogP contribution in [0.2, 0.25) is 0 Å². The van der Waals surface area contributed by atoms with E-state index < -0.39 is 5.92 Å². The predicted molar refractivity (Wildman–Crippen MR) is 124 cm³/mol. The molecule has 1 spiro atoms. The molecule has 32 heavy (non-hydrogen) atoms. The first-order valence-electron chi connectivity index (χ1n) is 11.4. The number of rotatable bonds is 5. The van der Waals surface area contributed by atoms with Crippen molar-refractivity contribution in [3.8, 4) is 11.8 Å². The molecule has 6 nitrogen and oxygen atoms in total. The maximum absolute atomic E-state index is 13.3. The number of methoxy groups -OCH3 is 1. The molecule has 1 aromatic rings. The zero-order chi connectivity index (χ0) is 23.3. The fourth-order valence-corrected chi connectivity index (χ4v) is 5.22. The molecule has 1 N–H and O–H groups in total. The molecule has 1 aliphatic heterocycles. The Kier molecular flexibility index (Phi) is 7.73. The Morgan fingerprint density at radius 2 is 1.75 bits per heavy atom. The Labute approximate surface area is 191 Å². The van der Waals surface area contributed by atoms with E-state index in [2.05, 4.69) is 17.2 Å². The Hall–Kier alpha value is -2.65. The number of likely N-dealkylation sites (tertiary alicyclic amines) is 1. The van der Waals surface area contributed by atoms with Crippen LogP contribution >= 0.6 is 0 Å². The van der Waals surface area contributed by atoms with E-state index in [9.17, 15) is 14.4 Å². The van der Waals surface area contributed by atoms with Gasteiger partial charge in [0.2, 0.25) is 0 Å². The molecule has 1 heterocycles. The zero-order valence-electron chi connectivity index (χ0n) is 19.7. The summed E-state index contributed by atoms with van der Waals surface area (Å²) in [6.45, 7) is 8.04. The van der Waals surface area contributed by atoms with Gasteiger partial charge in [0.05, 0.1) is 0 Å². The summed E-state index contributed by atoms with van der Waals surface area (Å²) in [5.74, 6) is 5.31. The highest BCUT2D eigenvalue weighted by Gasteiger charge is 2.47. The van der Waals surface area contributed by atoms with Gasteiger partial charge < -0.3 is 15.0 Å². The molecule has 3 rings (SSSR count). The number of nitrogens with one attached hydrogen (secondary N) is 1. The van der Waals surface area contributed by atoms with Crippen LogP contribution in [0.25, 0.3) is 0 Å². The van der Waals surface area contributed by atoms with Gasteiger partial charge in [-0.1, -0.05) is 5.92 Å². The van der Waals surface area contributed by atoms with Crippen LogP contribution in [0, 0.1) is 31.1 Å². The van der Waals surface area contributed by atoms with E-state index in [1.165, 1.54) is 0 Å². The number of carbonyl (C=O) groups excluding carboxylic acids is 3. The number of ketones is 2. The maximum atomic E-state index is 13.3. The summed E-state index contributed by atoms with van der Waals surface area (Å²) >= 11 is 0. The predicted octanol–water partition coefficient (Wildman–Crippen LogP) is 3.52. The largest absolute Gasteiger partial charge is 0.385 e. The number of hydrogen-bond acceptors (Lipinski definition) is 4. The second-order valence-electron chi connectivity index (χ2n) is 9.18. The van der Waals surface area contributed by atoms with E-state index in [-0.39, 0.29) is 23.0 Å². The summed E-state index contributed by atoms with van der Waals surface area (Å²) in [6.07, 6.45) is 2.96. The summed E-state index contributed by atoms with van der Waals surface area (Å²) in [7, 11) is 1.64. The van der Waals surface area contributed by atoms with Crippen molar-refractivity contribution in [1.29, 1.82) is 0 Å². The molecule has 0 bridgehead atoms. The van der Waals surface area contributed by atoms with E-state index in [0.29, 0.717) is 51.9 Å². The van der Waals surface area contributed by atoms with E-state index in [0.717, 1.165) is 28.7 Å². The second-order valence-corrected chi connectivity index (χ2v) is 9.18. The van der Waals surface area contributed by atoms with Crippen molar-refractivity contribution < 1.29 is 19.1 Å². The van der Waals surface area contributed by atoms with Gasteiger partial charge in [0.25, 0.3) is 0 Å². The monoisotopic (exact) mass is 438 g/mol. The highest BCUT2D eigenvalue weighted by molar-refractivity contribution is 6.10. The van der Waals surface area contributed by atoms with Gasteiger partial charge in [-0.05, 0) is 74.3 Å². The van der Waals surface area contributed by atoms with Crippen LogP contribution in [0.5, 0.6) is 0 Å². The molecule has 0 aromatic heterocycles. The zero-order valence-corrected chi connectivity index (χ0v) is 19.7. The van der Waals surface area contributed by atoms with Gasteiger partial charge in [-0.3, -0.25) is 9.59 Å². The molecule has 0 unspecified atom stereocenters. The fraction of sp³-hybridized carbons (Fsp3) is 0.577. The first-order valence-corrected chi connectivity index (χ1v) is 11.4. The van der Waals surface area contributed by atoms with E-state index in [1.54, 1.807) is 18.9 Å². The van der Waals surface area contributed by atoms with Crippen molar-refractivity contribution in [2.45, 2.75) is 58.8 Å². The first-order chi connectivity index (χ1) is 15.3. The Balaban J connectivity index is 1.66. The Morgan fingerprint density at radius 3 is 2.28 bits per heavy atom. The normalized spacial score (nSPS) is 18.4. The second kappa shape index (κ2) is 10.3. The molecule has 0 radical (unpaired) electrons. The molecule has 1 aromatic carbocycles. The van der Waals surface area contributed by atoms with Crippen molar-refractivity contribution in [3.63, 3.8) is 0 Å². The highest BCUT2D eigenvalue weighted by atomic mass is 16.5. The van der Waals surface area contributed by atoms with Crippen LogP contribution in [0.4, 0.5) is 4.79 Å². The van der Waals surface area contributed by atoms with Crippen LogP contribution in [0.15, 0.2) is 12.1 Å². The van der Waals surface area contributed by atoms with Crippen molar-refractivity contribution in [2.24, 2.45) is 5.41 Å². The smallest absolute Gasteiger partial charge is 0.317 e. The average Bonchev–Trinajstić information content (AvgIpc) is 2.73. The number of amides is 2. The van der Waals surface area contributed by atoms with Gasteiger partial charge >= 0.3 is 6.03 Å². The number of urea groups is 1. The molecule has 1 saturated heterocycles. The molecule has 6 heteroatoms. The Morgan fingerprint density at radius 1 is 1.16 bits per heavy atom. The van der Waals surface area contributed by atoms with E-state index in [1.807, 2.05) is 26.0 Å². The SMILES string of the molecule is CC#Cc1cc(C)c(C2C(=O)CC3(CCN(C(=O)NCCCOC)CC3)CC2=O)c(C)c1. The first kappa shape index (κ1) is 24.0. The molecule has 1 aliphatic carbocycles. The minimum absolute atomic E-state index is 0.0132. The lowest BCUT2D eigenvalue weighted by Crippen LogP contribution is -2.50. The number of nitrogens with zero attached hydrogens (tertiary/aromatic N) is 1. The highest BCUT2D eigenvalue weighted by Crippen LogP contribution is 2.46. The molecule has 0 atom stereocenters. The average molecular weight is 439 g/mol. The van der Waals surface area contributed by atoms with Gasteiger partial charge in [0.15, 0.2) is 0 Å². The summed E-state index contributed by atoms with van der Waals surface area (Å²) in [4.78, 5) is 40.7. The summed E-state index contributed by atoms with van der Waals surface area (Å²) in [5, 5.41) is 2.91. The number of aryl methyl sites for hydroxylation is 2. The third kappa shape index (κ3) is 5.21. The van der Waals surface area contributed by atoms with Gasteiger partial charge in [-0.2, -0.15) is 0 Å². The molecular weight excluding hydrogens is 404 g/mol. The van der Waals surface area contributed by atoms with Crippen LogP contribution in [-0.4, -0.2) is 55.8 Å². The van der Waals surface area contributed by atoms with Crippen LogP contribution in [-0.2, 0) is 14.3 Å². The number of hydrogen-bond donors (Lipinski definition) is 1. The third-order valence-corrected chi connectivity index (χ3v) is 6.81. The summed E-state index contributed by atoms with van der Waals surface area (Å²) < 4.78 is 5.00. The summed E-state index contributed by atoms with van der Waals surface area (Å²) in [5.41, 5.74) is 3.35. The number of benzene rings is 1. The molecule has 1 saturated carbocycles. The number of piperidine rings is 1. The summed E-state index contributed by atoms with van der Waals surface area (Å²) in [6, 6.07) is 3.85. The van der Waals surface area contributed by atoms with Gasteiger partial charge in [0.1, 0.15) is 17.5 Å². The van der Waals surface area contributed by atoms with Crippen molar-refractivity contribution in [1.82, 2.24) is 10.2 Å². The third-order valence-electron chi connectivity index (χ3n) is 6.81. The standard InChI is InChI=1S/C26H34N2O4/c1-5-7-20-14-18(2)23(19(3)15-20)24-21(29)16-26(17-22(24)30)8-11-28(12-9-26)25(31)27-10-6-13-32-4/h14-15,24H,6,8-13,16-17H2,1-4H3,(H,27,31). The van der Waals surface area contributed by atoms with Crippen molar-refractivity contribution >= 4 is 17.6 Å². The van der Waals surface area contributed by atoms with Gasteiger partial charge in [0, 0.05) is 51.8 Å². The van der Waals surface area contributed by atoms with Gasteiger partial charge in [-0.25, -0.2) is 4.79 Å². The van der Waals surface area contributed by atoms with E-state index >= 15 is 0 Å². The lowest BCUT2D eigenvalue weighted by Gasteiger charge is -2.44. The number of carbonyl (C=O) groups is 3. The number of ether oxygens (including phenoxy) is 1. The minimum atomic E-state index is -0.675. The van der Waals surface area contributed by atoms with Crippen molar-refractivity contribution in [2.75, 3.05) is 33.4 Å². The molecule has 2 amide bonds. The minimum Gasteiger partial charge on any atom is -0.385 e. The molecule has 172 valence electrons. The van der Waals surface area contributed by atoms with Crippen molar-refractivity contribution in [3.05, 3.63) is 34.4 Å². The Bertz CT molecular complexity index is 905. The molecule has 2 aliphatic rings. The fourth-order valence-electron chi connectivity index (χ4n) is 5.22. The topological polar surface area (TPSA) is 75.7 Å². The lowest BCUT2D eigenvalue weighted by atomic mass is 9.62. The number of Topliss-reactive ketones (excluding diaryl/α,β-unsaturated/α-hetero) is 2. The van der Waals surface area contributed by atoms with Gasteiger partial charge in [-0.15, -0.1) is 5.92 Å². The van der Waals surface area contributed by atoms with E-state index in [4.69, 9.17) is 4.74 Å². The quantitative estimate of drug-likeness (QED) is 0.434.